The maximum Gasteiger partial charge on any atom is 0.124 e. The van der Waals surface area contributed by atoms with Gasteiger partial charge < -0.3 is 11.1 Å². The van der Waals surface area contributed by atoms with E-state index >= 15 is 0 Å². The van der Waals surface area contributed by atoms with Gasteiger partial charge in [0.1, 0.15) is 5.82 Å². The van der Waals surface area contributed by atoms with Gasteiger partial charge in [0.05, 0.1) is 5.52 Å². The van der Waals surface area contributed by atoms with Crippen molar-refractivity contribution in [2.45, 2.75) is 26.3 Å². The number of benzene rings is 2. The summed E-state index contributed by atoms with van der Waals surface area (Å²) in [7, 11) is 1.93. The maximum absolute atomic E-state index is 6.23. The van der Waals surface area contributed by atoms with E-state index in [0.29, 0.717) is 5.82 Å². The molecule has 0 radical (unpaired) electrons. The smallest absolute Gasteiger partial charge is 0.124 e. The highest BCUT2D eigenvalue weighted by Crippen LogP contribution is 2.22. The summed E-state index contributed by atoms with van der Waals surface area (Å²) in [5.74, 6) is 0.576. The third kappa shape index (κ3) is 3.69. The number of nitrogen functional groups attached to an aromatic ring is 1. The number of nitrogens with zero attached hydrogens (tertiary/aromatic N) is 1. The number of pyridine rings is 1. The molecule has 2 aromatic carbocycles. The van der Waals surface area contributed by atoms with Crippen molar-refractivity contribution >= 4 is 28.3 Å². The number of nitrogens with one attached hydrogen (secondary N) is 1. The van der Waals surface area contributed by atoms with E-state index in [-0.39, 0.29) is 0 Å². The first-order chi connectivity index (χ1) is 11.6. The minimum Gasteiger partial charge on any atom is -0.384 e. The number of rotatable bonds is 5. The topological polar surface area (TPSA) is 50.9 Å². The fourth-order valence-corrected chi connectivity index (χ4v) is 3.21. The number of halogens is 1. The second-order valence-corrected chi connectivity index (χ2v) is 6.58. The van der Waals surface area contributed by atoms with Gasteiger partial charge in [-0.15, -0.1) is 0 Å². The van der Waals surface area contributed by atoms with Crippen LogP contribution in [-0.4, -0.2) is 12.0 Å². The predicted molar refractivity (Wildman–Crippen MR) is 103 cm³/mol. The highest BCUT2D eigenvalue weighted by molar-refractivity contribution is 6.31. The van der Waals surface area contributed by atoms with Crippen LogP contribution in [0, 0.1) is 6.92 Å². The van der Waals surface area contributed by atoms with Crippen molar-refractivity contribution in [3.8, 4) is 0 Å². The largest absolute Gasteiger partial charge is 0.384 e. The Hall–Kier alpha value is -2.10. The Morgan fingerprint density at radius 1 is 1.04 bits per heavy atom. The van der Waals surface area contributed by atoms with Gasteiger partial charge in [0.2, 0.25) is 0 Å². The van der Waals surface area contributed by atoms with Crippen molar-refractivity contribution < 1.29 is 0 Å². The van der Waals surface area contributed by atoms with Gasteiger partial charge in [-0.3, -0.25) is 0 Å². The number of nitrogens with two attached hydrogens (primary N) is 1. The molecular formula is C20H22ClN3. The second-order valence-electron chi connectivity index (χ2n) is 6.17. The highest BCUT2D eigenvalue weighted by atomic mass is 35.5. The highest BCUT2D eigenvalue weighted by Gasteiger charge is 2.05. The molecule has 0 atom stereocenters. The zero-order chi connectivity index (χ0) is 17.1. The summed E-state index contributed by atoms with van der Waals surface area (Å²) in [5, 5.41) is 5.13. The zero-order valence-electron chi connectivity index (χ0n) is 14.1. The van der Waals surface area contributed by atoms with Crippen LogP contribution in [0.3, 0.4) is 0 Å². The molecule has 0 aliphatic rings. The summed E-state index contributed by atoms with van der Waals surface area (Å²) in [5.41, 5.74) is 11.7. The quantitative estimate of drug-likeness (QED) is 0.729. The van der Waals surface area contributed by atoms with Crippen molar-refractivity contribution in [3.05, 3.63) is 69.7 Å². The van der Waals surface area contributed by atoms with E-state index in [2.05, 4.69) is 47.6 Å². The van der Waals surface area contributed by atoms with Crippen LogP contribution in [0.4, 0.5) is 5.82 Å². The maximum atomic E-state index is 6.23. The molecule has 0 saturated heterocycles. The fourth-order valence-electron chi connectivity index (χ4n) is 3.03. The second kappa shape index (κ2) is 7.20. The lowest BCUT2D eigenvalue weighted by atomic mass is 10.0. The first-order valence-electron chi connectivity index (χ1n) is 8.14. The predicted octanol–water partition coefficient (Wildman–Crippen LogP) is 4.28. The lowest BCUT2D eigenvalue weighted by molar-refractivity contribution is 0.814. The number of hydrogen-bond donors (Lipinski definition) is 2. The fraction of sp³-hybridized carbons (Fsp3) is 0.250. The molecular weight excluding hydrogens is 318 g/mol. The number of hydrogen-bond acceptors (Lipinski definition) is 3. The molecule has 1 aromatic heterocycles. The van der Waals surface area contributed by atoms with Gasteiger partial charge in [-0.2, -0.15) is 0 Å². The molecule has 0 aliphatic heterocycles. The molecule has 4 heteroatoms. The van der Waals surface area contributed by atoms with Crippen LogP contribution in [0.15, 0.2) is 42.5 Å². The molecule has 1 heterocycles. The molecule has 0 aliphatic carbocycles. The monoisotopic (exact) mass is 339 g/mol. The molecule has 3 rings (SSSR count). The van der Waals surface area contributed by atoms with Gasteiger partial charge in [0.25, 0.3) is 0 Å². The van der Waals surface area contributed by atoms with Gasteiger partial charge >= 0.3 is 0 Å². The van der Waals surface area contributed by atoms with Gasteiger partial charge in [0, 0.05) is 17.0 Å². The van der Waals surface area contributed by atoms with Crippen LogP contribution in [0.5, 0.6) is 0 Å². The Bertz CT molecular complexity index is 874. The van der Waals surface area contributed by atoms with Crippen LogP contribution < -0.4 is 11.1 Å². The van der Waals surface area contributed by atoms with Gasteiger partial charge in [-0.05, 0) is 67.3 Å². The van der Waals surface area contributed by atoms with E-state index < -0.39 is 0 Å². The van der Waals surface area contributed by atoms with E-state index in [0.717, 1.165) is 40.9 Å². The lowest BCUT2D eigenvalue weighted by Crippen LogP contribution is -2.06. The SMILES string of the molecule is CNCc1cc(CCc2ccc3c(C)cc(N)nc3c2)ccc1Cl. The van der Waals surface area contributed by atoms with Gasteiger partial charge in [-0.25, -0.2) is 4.98 Å². The molecule has 24 heavy (non-hydrogen) atoms. The number of aromatic nitrogens is 1. The molecule has 124 valence electrons. The van der Waals surface area contributed by atoms with Crippen LogP contribution in [0.25, 0.3) is 10.9 Å². The normalized spacial score (nSPS) is 11.1. The van der Waals surface area contributed by atoms with Crippen molar-refractivity contribution in [1.82, 2.24) is 10.3 Å². The summed E-state index contributed by atoms with van der Waals surface area (Å²) < 4.78 is 0. The Morgan fingerprint density at radius 3 is 2.50 bits per heavy atom. The van der Waals surface area contributed by atoms with Crippen molar-refractivity contribution in [2.24, 2.45) is 0 Å². The van der Waals surface area contributed by atoms with E-state index in [1.807, 2.05) is 19.2 Å². The van der Waals surface area contributed by atoms with E-state index in [9.17, 15) is 0 Å². The lowest BCUT2D eigenvalue weighted by Gasteiger charge is -2.09. The van der Waals surface area contributed by atoms with Gasteiger partial charge in [-0.1, -0.05) is 35.9 Å². The third-order valence-corrected chi connectivity index (χ3v) is 4.65. The van der Waals surface area contributed by atoms with Crippen LogP contribution in [-0.2, 0) is 19.4 Å². The number of fused-ring (bicyclic) bond motifs is 1. The zero-order valence-corrected chi connectivity index (χ0v) is 14.8. The minimum atomic E-state index is 0.576. The summed E-state index contributed by atoms with van der Waals surface area (Å²) in [6, 6.07) is 14.6. The summed E-state index contributed by atoms with van der Waals surface area (Å²) in [4.78, 5) is 4.45. The molecule has 3 nitrogen and oxygen atoms in total. The molecule has 0 saturated carbocycles. The molecule has 0 fully saturated rings. The van der Waals surface area contributed by atoms with Gasteiger partial charge in [0.15, 0.2) is 0 Å². The van der Waals surface area contributed by atoms with E-state index in [1.165, 1.54) is 16.7 Å². The average molecular weight is 340 g/mol. The van der Waals surface area contributed by atoms with Crippen molar-refractivity contribution in [1.29, 1.82) is 0 Å². The molecule has 0 unspecified atom stereocenters. The third-order valence-electron chi connectivity index (χ3n) is 4.28. The Kier molecular flexibility index (Phi) is 5.03. The molecule has 0 bridgehead atoms. The molecule has 0 amide bonds. The molecule has 3 N–H and O–H groups in total. The van der Waals surface area contributed by atoms with E-state index in [4.69, 9.17) is 17.3 Å². The van der Waals surface area contributed by atoms with Crippen molar-refractivity contribution in [2.75, 3.05) is 12.8 Å². The van der Waals surface area contributed by atoms with E-state index in [1.54, 1.807) is 0 Å². The first-order valence-corrected chi connectivity index (χ1v) is 8.52. The van der Waals surface area contributed by atoms with Crippen molar-refractivity contribution in [3.63, 3.8) is 0 Å². The van der Waals surface area contributed by atoms with Crippen LogP contribution in [0.2, 0.25) is 5.02 Å². The summed E-state index contributed by atoms with van der Waals surface area (Å²) >= 11 is 6.23. The minimum absolute atomic E-state index is 0.576. The standard InChI is InChI=1S/C20H22ClN3/c1-13-9-20(22)24-19-11-15(5-7-17(13)19)4-3-14-6-8-18(21)16(10-14)12-23-2/h5-11,23H,3-4,12H2,1-2H3,(H2,22,24). The first kappa shape index (κ1) is 16.7. The Balaban J connectivity index is 1.79. The number of anilines is 1. The molecule has 3 aromatic rings. The summed E-state index contributed by atoms with van der Waals surface area (Å²) in [6.07, 6.45) is 1.94. The van der Waals surface area contributed by atoms with Crippen LogP contribution >= 0.6 is 11.6 Å². The average Bonchev–Trinajstić information content (AvgIpc) is 2.55. The molecule has 0 spiro atoms. The van der Waals surface area contributed by atoms with Crippen LogP contribution in [0.1, 0.15) is 22.3 Å². The Morgan fingerprint density at radius 2 is 1.75 bits per heavy atom. The number of aryl methyl sites for hydroxylation is 3. The Labute approximate surface area is 147 Å². The summed E-state index contributed by atoms with van der Waals surface area (Å²) in [6.45, 7) is 2.85.